The lowest BCUT2D eigenvalue weighted by Crippen LogP contribution is -2.56. The normalized spacial score (nSPS) is 15.7. The summed E-state index contributed by atoms with van der Waals surface area (Å²) in [7, 11) is 0. The van der Waals surface area contributed by atoms with Gasteiger partial charge in [0.1, 0.15) is 11.0 Å². The second-order valence-electron chi connectivity index (χ2n) is 10.3. The van der Waals surface area contributed by atoms with Gasteiger partial charge >= 0.3 is 12.1 Å². The van der Waals surface area contributed by atoms with Crippen molar-refractivity contribution in [2.24, 2.45) is 0 Å². The summed E-state index contributed by atoms with van der Waals surface area (Å²) in [5, 5.41) is 16.9. The molecule has 3 aromatic rings. The average molecular weight is 570 g/mol. The van der Waals surface area contributed by atoms with E-state index in [9.17, 15) is 28.0 Å². The molecule has 1 aliphatic heterocycles. The fourth-order valence-corrected chi connectivity index (χ4v) is 4.80. The minimum absolute atomic E-state index is 0.138. The van der Waals surface area contributed by atoms with Crippen LogP contribution in [-0.4, -0.2) is 61.8 Å². The highest BCUT2D eigenvalue weighted by molar-refractivity contribution is 6.04. The molecule has 4 heterocycles. The molecule has 1 N–H and O–H groups in total. The van der Waals surface area contributed by atoms with Gasteiger partial charge in [0.25, 0.3) is 5.91 Å². The fraction of sp³-hybridized carbons (Fsp3) is 0.429. The molecule has 0 bridgehead atoms. The number of piperidine rings is 1. The minimum Gasteiger partial charge on any atom is -0.465 e. The van der Waals surface area contributed by atoms with E-state index in [1.807, 2.05) is 18.7 Å². The largest absolute Gasteiger partial charge is 0.465 e. The zero-order chi connectivity index (χ0) is 30.0. The Balaban J connectivity index is 1.43. The molecule has 0 aromatic carbocycles. The summed E-state index contributed by atoms with van der Waals surface area (Å²) >= 11 is 0. The maximum absolute atomic E-state index is 12.9. The second kappa shape index (κ2) is 11.3. The molecule has 1 amide bonds. The van der Waals surface area contributed by atoms with Crippen molar-refractivity contribution in [3.63, 3.8) is 0 Å². The Bertz CT molecular complexity index is 1450. The number of hydrogen-bond acceptors (Lipinski definition) is 8. The molecule has 0 unspecified atom stereocenters. The van der Waals surface area contributed by atoms with Crippen LogP contribution < -0.4 is 5.32 Å². The first-order valence-corrected chi connectivity index (χ1v) is 13.0. The third kappa shape index (κ3) is 5.92. The zero-order valence-electron chi connectivity index (χ0n) is 23.1. The Labute approximate surface area is 235 Å². The topological polar surface area (TPSA) is 126 Å². The van der Waals surface area contributed by atoms with Crippen molar-refractivity contribution in [1.82, 2.24) is 24.6 Å². The van der Waals surface area contributed by atoms with Gasteiger partial charge in [-0.3, -0.25) is 19.5 Å². The van der Waals surface area contributed by atoms with Crippen LogP contribution in [0.25, 0.3) is 5.82 Å². The summed E-state index contributed by atoms with van der Waals surface area (Å²) in [6.45, 7) is 8.31. The monoisotopic (exact) mass is 569 g/mol. The third-order valence-electron chi connectivity index (χ3n) is 7.45. The molecule has 10 nitrogen and oxygen atoms in total. The SMILES string of the molecule is CCOC(=O)C(C)(C)N1CCC(C#N)(c2ccc(NC(=O)c3cnn(-c4ccc(C(F)(F)F)cn4)c3C)cn2)CC1. The number of halogens is 3. The quantitative estimate of drug-likeness (QED) is 0.414. The molecule has 13 heteroatoms. The van der Waals surface area contributed by atoms with Gasteiger partial charge in [-0.25, -0.2) is 9.67 Å². The van der Waals surface area contributed by atoms with Crippen molar-refractivity contribution < 1.29 is 27.5 Å². The van der Waals surface area contributed by atoms with Gasteiger partial charge in [0, 0.05) is 19.3 Å². The number of amides is 1. The Morgan fingerprint density at radius 3 is 2.34 bits per heavy atom. The number of alkyl halides is 3. The molecule has 0 radical (unpaired) electrons. The van der Waals surface area contributed by atoms with E-state index in [-0.39, 0.29) is 17.4 Å². The van der Waals surface area contributed by atoms with E-state index in [0.29, 0.717) is 55.8 Å². The van der Waals surface area contributed by atoms with E-state index in [1.165, 1.54) is 23.1 Å². The minimum atomic E-state index is -4.51. The summed E-state index contributed by atoms with van der Waals surface area (Å²) in [4.78, 5) is 35.7. The van der Waals surface area contributed by atoms with Crippen LogP contribution in [0.5, 0.6) is 0 Å². The molecule has 1 saturated heterocycles. The number of pyridine rings is 2. The Kier molecular flexibility index (Phi) is 8.17. The van der Waals surface area contributed by atoms with E-state index < -0.39 is 28.6 Å². The number of aromatic nitrogens is 4. The number of carbonyl (C=O) groups is 2. The highest BCUT2D eigenvalue weighted by atomic mass is 19.4. The predicted molar refractivity (Wildman–Crippen MR) is 142 cm³/mol. The predicted octanol–water partition coefficient (Wildman–Crippen LogP) is 4.44. The number of nitrogens with one attached hydrogen (secondary N) is 1. The van der Waals surface area contributed by atoms with E-state index >= 15 is 0 Å². The lowest BCUT2D eigenvalue weighted by Gasteiger charge is -2.43. The number of anilines is 1. The van der Waals surface area contributed by atoms with Crippen LogP contribution in [0.2, 0.25) is 0 Å². The lowest BCUT2D eigenvalue weighted by molar-refractivity contribution is -0.156. The van der Waals surface area contributed by atoms with Crippen LogP contribution in [0.3, 0.4) is 0 Å². The maximum Gasteiger partial charge on any atom is 0.417 e. The van der Waals surface area contributed by atoms with Crippen LogP contribution >= 0.6 is 0 Å². The van der Waals surface area contributed by atoms with Gasteiger partial charge in [-0.1, -0.05) is 0 Å². The Morgan fingerprint density at radius 1 is 1.10 bits per heavy atom. The first-order chi connectivity index (χ1) is 19.3. The molecule has 4 rings (SSSR count). The van der Waals surface area contributed by atoms with E-state index in [1.54, 1.807) is 26.0 Å². The van der Waals surface area contributed by atoms with Gasteiger partial charge in [0.15, 0.2) is 5.82 Å². The molecule has 1 fully saturated rings. The molecular formula is C28H30F3N7O3. The van der Waals surface area contributed by atoms with Gasteiger partial charge in [0.2, 0.25) is 0 Å². The van der Waals surface area contributed by atoms with Crippen molar-refractivity contribution in [2.45, 2.75) is 57.7 Å². The van der Waals surface area contributed by atoms with Crippen molar-refractivity contribution in [1.29, 1.82) is 5.26 Å². The molecule has 0 spiro atoms. The van der Waals surface area contributed by atoms with Gasteiger partial charge < -0.3 is 10.1 Å². The number of nitriles is 1. The summed E-state index contributed by atoms with van der Waals surface area (Å²) in [6, 6.07) is 7.85. The van der Waals surface area contributed by atoms with Crippen LogP contribution in [0, 0.1) is 18.3 Å². The molecule has 0 atom stereocenters. The molecule has 0 aliphatic carbocycles. The molecule has 0 saturated carbocycles. The lowest BCUT2D eigenvalue weighted by atomic mass is 9.75. The fourth-order valence-electron chi connectivity index (χ4n) is 4.80. The third-order valence-corrected chi connectivity index (χ3v) is 7.45. The number of rotatable bonds is 7. The highest BCUT2D eigenvalue weighted by Gasteiger charge is 2.44. The summed E-state index contributed by atoms with van der Waals surface area (Å²) in [6.07, 6.45) is -0.0730. The Morgan fingerprint density at radius 2 is 1.80 bits per heavy atom. The van der Waals surface area contributed by atoms with Crippen LogP contribution in [0.4, 0.5) is 18.9 Å². The molecule has 41 heavy (non-hydrogen) atoms. The van der Waals surface area contributed by atoms with E-state index in [0.717, 1.165) is 6.07 Å². The van der Waals surface area contributed by atoms with Crippen molar-refractivity contribution in [2.75, 3.05) is 25.0 Å². The van der Waals surface area contributed by atoms with Crippen molar-refractivity contribution >= 4 is 17.6 Å². The summed E-state index contributed by atoms with van der Waals surface area (Å²) < 4.78 is 45.0. The first-order valence-electron chi connectivity index (χ1n) is 13.0. The van der Waals surface area contributed by atoms with Gasteiger partial charge in [-0.15, -0.1) is 0 Å². The number of ether oxygens (including phenoxy) is 1. The summed E-state index contributed by atoms with van der Waals surface area (Å²) in [5.41, 5.74) is -0.967. The molecular weight excluding hydrogens is 539 g/mol. The highest BCUT2D eigenvalue weighted by Crippen LogP contribution is 2.36. The Hall–Kier alpha value is -4.31. The number of hydrogen-bond donors (Lipinski definition) is 1. The number of likely N-dealkylation sites (tertiary alicyclic amines) is 1. The van der Waals surface area contributed by atoms with E-state index in [4.69, 9.17) is 4.74 Å². The molecule has 3 aromatic heterocycles. The number of nitrogens with zero attached hydrogens (tertiary/aromatic N) is 6. The second-order valence-corrected chi connectivity index (χ2v) is 10.3. The molecule has 1 aliphatic rings. The average Bonchev–Trinajstić information content (AvgIpc) is 3.34. The van der Waals surface area contributed by atoms with Crippen LogP contribution in [0.15, 0.2) is 42.9 Å². The van der Waals surface area contributed by atoms with Gasteiger partial charge in [-0.2, -0.15) is 23.5 Å². The van der Waals surface area contributed by atoms with Crippen molar-refractivity contribution in [3.05, 3.63) is 65.4 Å². The summed E-state index contributed by atoms with van der Waals surface area (Å²) in [5.74, 6) is -0.655. The van der Waals surface area contributed by atoms with Gasteiger partial charge in [0.05, 0.1) is 53.3 Å². The number of carbonyl (C=O) groups excluding carboxylic acids is 2. The van der Waals surface area contributed by atoms with Crippen LogP contribution in [0.1, 0.15) is 60.9 Å². The van der Waals surface area contributed by atoms with Crippen molar-refractivity contribution in [3.8, 4) is 11.9 Å². The standard InChI is InChI=1S/C28H30F3N7O3/c1-5-41-25(40)26(3,4)37-12-10-27(17-32,11-13-37)22-8-7-20(15-33-22)36-24(39)21-16-35-38(18(21)2)23-9-6-19(14-34-23)28(29,30)31/h6-9,14-16H,5,10-13H2,1-4H3,(H,36,39). The van der Waals surface area contributed by atoms with Gasteiger partial charge in [-0.05, 0) is 64.8 Å². The number of esters is 1. The maximum atomic E-state index is 12.9. The smallest absolute Gasteiger partial charge is 0.417 e. The van der Waals surface area contributed by atoms with Crippen LogP contribution in [-0.2, 0) is 21.1 Å². The zero-order valence-corrected chi connectivity index (χ0v) is 23.1. The molecule has 216 valence electrons. The first kappa shape index (κ1) is 29.7. The van der Waals surface area contributed by atoms with E-state index in [2.05, 4.69) is 26.5 Å².